The lowest BCUT2D eigenvalue weighted by Gasteiger charge is -1.99. The first-order valence-electron chi connectivity index (χ1n) is 4.91. The Bertz CT molecular complexity index is 353. The molecule has 0 spiro atoms. The lowest BCUT2D eigenvalue weighted by atomic mass is 10.3. The smallest absolute Gasteiger partial charge is 0.0408 e. The normalized spacial score (nSPS) is 11.6. The average Bonchev–Trinajstić information content (AvgIpc) is 2.54. The molecule has 0 aromatic carbocycles. The molecular weight excluding hydrogens is 170 g/mol. The van der Waals surface area contributed by atoms with Crippen LogP contribution in [0.3, 0.4) is 0 Å². The minimum absolute atomic E-state index is 1.07. The van der Waals surface area contributed by atoms with Crippen molar-refractivity contribution < 1.29 is 0 Å². The molecule has 14 heavy (non-hydrogen) atoms. The molecule has 1 heteroatoms. The molecule has 0 fully saturated rings. The van der Waals surface area contributed by atoms with Crippen LogP contribution in [0, 0.1) is 0 Å². The Morgan fingerprint density at radius 3 is 2.50 bits per heavy atom. The van der Waals surface area contributed by atoms with Gasteiger partial charge in [-0.3, -0.25) is 0 Å². The molecule has 0 radical (unpaired) electrons. The number of aromatic nitrogens is 1. The summed E-state index contributed by atoms with van der Waals surface area (Å²) in [7, 11) is 2.07. The zero-order chi connectivity index (χ0) is 10.4. The monoisotopic (exact) mass is 187 g/mol. The van der Waals surface area contributed by atoms with Crippen LogP contribution in [-0.2, 0) is 7.05 Å². The largest absolute Gasteiger partial charge is 0.345 e. The van der Waals surface area contributed by atoms with Gasteiger partial charge in [-0.05, 0) is 30.7 Å². The lowest BCUT2D eigenvalue weighted by Crippen LogP contribution is -1.92. The van der Waals surface area contributed by atoms with Crippen LogP contribution in [0.15, 0.2) is 36.9 Å². The summed E-state index contributed by atoms with van der Waals surface area (Å²) in [5, 5.41) is 0. The van der Waals surface area contributed by atoms with E-state index in [-0.39, 0.29) is 0 Å². The van der Waals surface area contributed by atoms with Crippen LogP contribution >= 0.6 is 0 Å². The Kier molecular flexibility index (Phi) is 3.99. The molecule has 1 aromatic heterocycles. The summed E-state index contributed by atoms with van der Waals surface area (Å²) in [6, 6.07) is 4.23. The Balaban J connectivity index is 2.90. The molecule has 1 rings (SSSR count). The van der Waals surface area contributed by atoms with Gasteiger partial charge in [0.1, 0.15) is 0 Å². The number of hydrogen-bond acceptors (Lipinski definition) is 0. The van der Waals surface area contributed by atoms with E-state index >= 15 is 0 Å². The van der Waals surface area contributed by atoms with Gasteiger partial charge in [-0.1, -0.05) is 31.7 Å². The van der Waals surface area contributed by atoms with E-state index in [0.29, 0.717) is 0 Å². The molecule has 0 N–H and O–H groups in total. The number of nitrogens with zero attached hydrogens (tertiary/aromatic N) is 1. The van der Waals surface area contributed by atoms with Gasteiger partial charge in [-0.15, -0.1) is 0 Å². The SMILES string of the molecule is C=C/C=C/c1ccc(/C=C/CC)n1C. The first kappa shape index (κ1) is 10.6. The zero-order valence-electron chi connectivity index (χ0n) is 8.90. The third-order valence-electron chi connectivity index (χ3n) is 2.13. The summed E-state index contributed by atoms with van der Waals surface area (Å²) < 4.78 is 2.16. The highest BCUT2D eigenvalue weighted by Gasteiger charge is 1.97. The molecule has 1 aromatic rings. The molecule has 0 aliphatic heterocycles. The average molecular weight is 187 g/mol. The minimum Gasteiger partial charge on any atom is -0.345 e. The summed E-state index contributed by atoms with van der Waals surface area (Å²) in [6.45, 7) is 5.79. The predicted octanol–water partition coefficient (Wildman–Crippen LogP) is 3.65. The highest BCUT2D eigenvalue weighted by atomic mass is 14.9. The Hall–Kier alpha value is -1.50. The second-order valence-electron chi connectivity index (χ2n) is 3.15. The molecule has 0 aliphatic rings. The summed E-state index contributed by atoms with van der Waals surface area (Å²) in [6.07, 6.45) is 11.2. The molecule has 1 nitrogen and oxygen atoms in total. The quantitative estimate of drug-likeness (QED) is 0.634. The van der Waals surface area contributed by atoms with Gasteiger partial charge in [0.2, 0.25) is 0 Å². The van der Waals surface area contributed by atoms with E-state index in [1.54, 1.807) is 6.08 Å². The maximum absolute atomic E-state index is 3.65. The van der Waals surface area contributed by atoms with E-state index in [1.807, 2.05) is 6.08 Å². The minimum atomic E-state index is 1.07. The molecule has 1 heterocycles. The fraction of sp³-hybridized carbons (Fsp3) is 0.231. The summed E-state index contributed by atoms with van der Waals surface area (Å²) in [5.41, 5.74) is 2.43. The number of rotatable bonds is 4. The van der Waals surface area contributed by atoms with Crippen molar-refractivity contribution in [2.45, 2.75) is 13.3 Å². The van der Waals surface area contributed by atoms with Gasteiger partial charge < -0.3 is 4.57 Å². The second kappa shape index (κ2) is 5.28. The van der Waals surface area contributed by atoms with E-state index in [2.05, 4.69) is 55.5 Å². The molecule has 0 saturated heterocycles. The van der Waals surface area contributed by atoms with Crippen molar-refractivity contribution in [1.82, 2.24) is 4.57 Å². The van der Waals surface area contributed by atoms with Gasteiger partial charge in [0.25, 0.3) is 0 Å². The van der Waals surface area contributed by atoms with Gasteiger partial charge >= 0.3 is 0 Å². The van der Waals surface area contributed by atoms with E-state index < -0.39 is 0 Å². The third kappa shape index (κ3) is 2.49. The highest BCUT2D eigenvalue weighted by molar-refractivity contribution is 5.54. The van der Waals surface area contributed by atoms with E-state index in [1.165, 1.54) is 11.4 Å². The molecule has 0 bridgehead atoms. The fourth-order valence-corrected chi connectivity index (χ4v) is 1.28. The topological polar surface area (TPSA) is 4.93 Å². The van der Waals surface area contributed by atoms with Crippen molar-refractivity contribution in [3.05, 3.63) is 48.3 Å². The van der Waals surface area contributed by atoms with Crippen molar-refractivity contribution in [3.63, 3.8) is 0 Å². The van der Waals surface area contributed by atoms with Crippen LogP contribution in [0.5, 0.6) is 0 Å². The standard InChI is InChI=1S/C13H17N/c1-4-6-8-12-10-11-13(14(12)3)9-7-5-2/h4,6-11H,1,5H2,2-3H3/b8-6+,9-7+. The van der Waals surface area contributed by atoms with Crippen molar-refractivity contribution in [2.75, 3.05) is 0 Å². The van der Waals surface area contributed by atoms with Gasteiger partial charge in [0.05, 0.1) is 0 Å². The van der Waals surface area contributed by atoms with Crippen LogP contribution in [0.1, 0.15) is 24.7 Å². The van der Waals surface area contributed by atoms with Gasteiger partial charge in [-0.25, -0.2) is 0 Å². The van der Waals surface area contributed by atoms with Crippen molar-refractivity contribution in [2.24, 2.45) is 7.05 Å². The number of allylic oxidation sites excluding steroid dienone is 3. The van der Waals surface area contributed by atoms with E-state index in [4.69, 9.17) is 0 Å². The third-order valence-corrected chi connectivity index (χ3v) is 2.13. The van der Waals surface area contributed by atoms with Gasteiger partial charge in [0.15, 0.2) is 0 Å². The Morgan fingerprint density at radius 2 is 1.93 bits per heavy atom. The van der Waals surface area contributed by atoms with E-state index in [0.717, 1.165) is 6.42 Å². The van der Waals surface area contributed by atoms with Gasteiger partial charge in [0, 0.05) is 18.4 Å². The maximum atomic E-state index is 3.65. The summed E-state index contributed by atoms with van der Waals surface area (Å²) in [4.78, 5) is 0. The Labute approximate surface area is 86.1 Å². The van der Waals surface area contributed by atoms with Crippen molar-refractivity contribution in [3.8, 4) is 0 Å². The highest BCUT2D eigenvalue weighted by Crippen LogP contribution is 2.10. The predicted molar refractivity (Wildman–Crippen MR) is 64.0 cm³/mol. The molecule has 0 atom stereocenters. The van der Waals surface area contributed by atoms with Crippen LogP contribution in [0.4, 0.5) is 0 Å². The molecular formula is C13H17N. The molecule has 0 unspecified atom stereocenters. The molecule has 0 amide bonds. The molecule has 0 saturated carbocycles. The fourth-order valence-electron chi connectivity index (χ4n) is 1.28. The first-order valence-corrected chi connectivity index (χ1v) is 4.91. The molecule has 0 aliphatic carbocycles. The maximum Gasteiger partial charge on any atom is 0.0408 e. The van der Waals surface area contributed by atoms with Gasteiger partial charge in [-0.2, -0.15) is 0 Å². The van der Waals surface area contributed by atoms with Crippen LogP contribution in [0.2, 0.25) is 0 Å². The lowest BCUT2D eigenvalue weighted by molar-refractivity contribution is 0.902. The van der Waals surface area contributed by atoms with Crippen molar-refractivity contribution in [1.29, 1.82) is 0 Å². The molecule has 74 valence electrons. The van der Waals surface area contributed by atoms with Crippen molar-refractivity contribution >= 4 is 12.2 Å². The number of hydrogen-bond donors (Lipinski definition) is 0. The second-order valence-corrected chi connectivity index (χ2v) is 3.15. The van der Waals surface area contributed by atoms with E-state index in [9.17, 15) is 0 Å². The first-order chi connectivity index (χ1) is 6.79. The van der Waals surface area contributed by atoms with Crippen LogP contribution < -0.4 is 0 Å². The zero-order valence-corrected chi connectivity index (χ0v) is 8.90. The van der Waals surface area contributed by atoms with Crippen LogP contribution in [0.25, 0.3) is 12.2 Å². The summed E-state index contributed by atoms with van der Waals surface area (Å²) >= 11 is 0. The Morgan fingerprint density at radius 1 is 1.29 bits per heavy atom. The summed E-state index contributed by atoms with van der Waals surface area (Å²) in [5.74, 6) is 0. The van der Waals surface area contributed by atoms with Crippen LogP contribution in [-0.4, -0.2) is 4.57 Å².